The second kappa shape index (κ2) is 23.5. The summed E-state index contributed by atoms with van der Waals surface area (Å²) in [4.78, 5) is 0. The third-order valence-corrected chi connectivity index (χ3v) is 5.53. The lowest BCUT2D eigenvalue weighted by atomic mass is 10.0. The number of ether oxygens (including phenoxy) is 3. The second-order valence-corrected chi connectivity index (χ2v) is 9.09. The number of rotatable bonds is 24. The topological polar surface area (TPSA) is 68.2 Å². The fraction of sp³-hybridized carbons (Fsp3) is 1.00. The maximum atomic E-state index is 9.24. The molecule has 0 radical (unpaired) electrons. The van der Waals surface area contributed by atoms with E-state index in [9.17, 15) is 5.11 Å². The highest BCUT2D eigenvalue weighted by Gasteiger charge is 2.09. The summed E-state index contributed by atoms with van der Waals surface area (Å²) >= 11 is 0. The van der Waals surface area contributed by atoms with Gasteiger partial charge in [-0.2, -0.15) is 0 Å². The normalized spacial score (nSPS) is 13.8. The van der Waals surface area contributed by atoms with Gasteiger partial charge < -0.3 is 24.4 Å². The van der Waals surface area contributed by atoms with Crippen LogP contribution in [0.4, 0.5) is 0 Å². The maximum Gasteiger partial charge on any atom is 0.104 e. The molecule has 5 heteroatoms. The summed E-state index contributed by atoms with van der Waals surface area (Å²) in [6.07, 6.45) is 18.1. The quantitative estimate of drug-likeness (QED) is 0.197. The molecular formula is C25H52O5. The van der Waals surface area contributed by atoms with Crippen LogP contribution < -0.4 is 0 Å². The van der Waals surface area contributed by atoms with E-state index in [0.717, 1.165) is 18.9 Å². The zero-order valence-corrected chi connectivity index (χ0v) is 20.3. The number of hydrogen-bond donors (Lipinski definition) is 2. The average molecular weight is 433 g/mol. The van der Waals surface area contributed by atoms with Crippen LogP contribution in [0.3, 0.4) is 0 Å². The number of methoxy groups -OCH3 is 1. The number of unbranched alkanes of at least 4 members (excludes halogenated alkanes) is 12. The Bertz CT molecular complexity index is 325. The molecule has 2 atom stereocenters. The van der Waals surface area contributed by atoms with Gasteiger partial charge in [0.25, 0.3) is 0 Å². The standard InChI is InChI=1S/C25H52O5/c1-23(2)17-15-13-11-9-7-5-4-6-8-10-12-14-16-18-29-21-25(28-3)22-30-20-24(27)19-26/h23-27H,4-22H2,1-3H3. The van der Waals surface area contributed by atoms with Gasteiger partial charge >= 0.3 is 0 Å². The molecule has 0 aliphatic rings. The van der Waals surface area contributed by atoms with E-state index >= 15 is 0 Å². The molecule has 0 heterocycles. The molecule has 0 saturated heterocycles. The van der Waals surface area contributed by atoms with Crippen molar-refractivity contribution in [2.24, 2.45) is 5.92 Å². The van der Waals surface area contributed by atoms with Gasteiger partial charge in [0, 0.05) is 13.7 Å². The minimum Gasteiger partial charge on any atom is -0.394 e. The van der Waals surface area contributed by atoms with Gasteiger partial charge in [-0.05, 0) is 12.3 Å². The summed E-state index contributed by atoms with van der Waals surface area (Å²) in [7, 11) is 1.63. The summed E-state index contributed by atoms with van der Waals surface area (Å²) < 4.78 is 16.3. The lowest BCUT2D eigenvalue weighted by molar-refractivity contribution is -0.0626. The van der Waals surface area contributed by atoms with Crippen LogP contribution in [0.2, 0.25) is 0 Å². The number of aliphatic hydroxyl groups is 2. The van der Waals surface area contributed by atoms with E-state index < -0.39 is 6.10 Å². The van der Waals surface area contributed by atoms with Crippen molar-refractivity contribution in [3.05, 3.63) is 0 Å². The molecule has 0 amide bonds. The Labute approximate surface area is 186 Å². The number of aliphatic hydroxyl groups excluding tert-OH is 2. The summed E-state index contributed by atoms with van der Waals surface area (Å²) in [6, 6.07) is 0. The van der Waals surface area contributed by atoms with Crippen molar-refractivity contribution in [3.63, 3.8) is 0 Å². The zero-order valence-electron chi connectivity index (χ0n) is 20.3. The Kier molecular flexibility index (Phi) is 23.3. The van der Waals surface area contributed by atoms with E-state index in [4.69, 9.17) is 19.3 Å². The first-order valence-electron chi connectivity index (χ1n) is 12.6. The van der Waals surface area contributed by atoms with Gasteiger partial charge in [-0.3, -0.25) is 0 Å². The Morgan fingerprint density at radius 2 is 1.10 bits per heavy atom. The maximum absolute atomic E-state index is 9.24. The lowest BCUT2D eigenvalue weighted by Crippen LogP contribution is -2.28. The van der Waals surface area contributed by atoms with Crippen molar-refractivity contribution in [1.29, 1.82) is 0 Å². The molecule has 0 aromatic carbocycles. The van der Waals surface area contributed by atoms with Crippen LogP contribution in [-0.4, -0.2) is 62.6 Å². The fourth-order valence-electron chi connectivity index (χ4n) is 3.49. The van der Waals surface area contributed by atoms with Crippen LogP contribution in [0.5, 0.6) is 0 Å². The molecule has 0 bridgehead atoms. The average Bonchev–Trinajstić information content (AvgIpc) is 2.74. The molecule has 0 aromatic heterocycles. The van der Waals surface area contributed by atoms with Crippen molar-refractivity contribution in [2.75, 3.05) is 40.1 Å². The van der Waals surface area contributed by atoms with Gasteiger partial charge in [0.15, 0.2) is 0 Å². The Morgan fingerprint density at radius 3 is 1.57 bits per heavy atom. The van der Waals surface area contributed by atoms with Gasteiger partial charge in [-0.15, -0.1) is 0 Å². The molecule has 0 aromatic rings. The van der Waals surface area contributed by atoms with Crippen molar-refractivity contribution < 1.29 is 24.4 Å². The van der Waals surface area contributed by atoms with Gasteiger partial charge in [0.1, 0.15) is 12.2 Å². The van der Waals surface area contributed by atoms with Crippen LogP contribution in [0.15, 0.2) is 0 Å². The molecule has 0 fully saturated rings. The van der Waals surface area contributed by atoms with Crippen LogP contribution in [0, 0.1) is 5.92 Å². The Morgan fingerprint density at radius 1 is 0.633 bits per heavy atom. The third-order valence-electron chi connectivity index (χ3n) is 5.53. The summed E-state index contributed by atoms with van der Waals surface area (Å²) in [5.41, 5.74) is 0. The largest absolute Gasteiger partial charge is 0.394 e. The predicted octanol–water partition coefficient (Wildman–Crippen LogP) is 5.51. The highest BCUT2D eigenvalue weighted by atomic mass is 16.6. The van der Waals surface area contributed by atoms with Gasteiger partial charge in [0.2, 0.25) is 0 Å². The highest BCUT2D eigenvalue weighted by Crippen LogP contribution is 2.14. The lowest BCUT2D eigenvalue weighted by Gasteiger charge is -2.16. The molecule has 2 N–H and O–H groups in total. The first-order valence-corrected chi connectivity index (χ1v) is 12.6. The van der Waals surface area contributed by atoms with E-state index in [1.165, 1.54) is 83.5 Å². The molecule has 182 valence electrons. The van der Waals surface area contributed by atoms with Gasteiger partial charge in [-0.25, -0.2) is 0 Å². The summed E-state index contributed by atoms with van der Waals surface area (Å²) in [6.45, 7) is 6.10. The van der Waals surface area contributed by atoms with E-state index in [1.54, 1.807) is 7.11 Å². The predicted molar refractivity (Wildman–Crippen MR) is 125 cm³/mol. The van der Waals surface area contributed by atoms with Crippen molar-refractivity contribution in [1.82, 2.24) is 0 Å². The summed E-state index contributed by atoms with van der Waals surface area (Å²) in [5.74, 6) is 0.866. The first kappa shape index (κ1) is 29.8. The van der Waals surface area contributed by atoms with E-state index in [2.05, 4.69) is 13.8 Å². The molecule has 5 nitrogen and oxygen atoms in total. The van der Waals surface area contributed by atoms with Crippen LogP contribution in [0.1, 0.15) is 104 Å². The Balaban J connectivity index is 3.23. The number of hydrogen-bond acceptors (Lipinski definition) is 5. The molecule has 0 aliphatic heterocycles. The van der Waals surface area contributed by atoms with Crippen LogP contribution in [0.25, 0.3) is 0 Å². The minimum absolute atomic E-state index is 0.120. The smallest absolute Gasteiger partial charge is 0.104 e. The summed E-state index contributed by atoms with van der Waals surface area (Å²) in [5, 5.41) is 18.0. The molecule has 0 aliphatic carbocycles. The SMILES string of the molecule is COC(COCCCCCCCCCCCCCCCC(C)C)COCC(O)CO. The van der Waals surface area contributed by atoms with E-state index in [1.807, 2.05) is 0 Å². The molecular weight excluding hydrogens is 380 g/mol. The van der Waals surface area contributed by atoms with E-state index in [0.29, 0.717) is 13.2 Å². The minimum atomic E-state index is -0.826. The van der Waals surface area contributed by atoms with Gasteiger partial charge in [-0.1, -0.05) is 97.3 Å². The highest BCUT2D eigenvalue weighted by molar-refractivity contribution is 4.57. The van der Waals surface area contributed by atoms with Crippen LogP contribution in [-0.2, 0) is 14.2 Å². The van der Waals surface area contributed by atoms with Crippen molar-refractivity contribution >= 4 is 0 Å². The Hall–Kier alpha value is -0.200. The van der Waals surface area contributed by atoms with Crippen molar-refractivity contribution in [3.8, 4) is 0 Å². The monoisotopic (exact) mass is 432 g/mol. The molecule has 2 unspecified atom stereocenters. The van der Waals surface area contributed by atoms with Crippen molar-refractivity contribution in [2.45, 2.75) is 116 Å². The van der Waals surface area contributed by atoms with Crippen LogP contribution >= 0.6 is 0 Å². The fourth-order valence-corrected chi connectivity index (χ4v) is 3.49. The second-order valence-electron chi connectivity index (χ2n) is 9.09. The van der Waals surface area contributed by atoms with Gasteiger partial charge in [0.05, 0.1) is 26.4 Å². The molecule has 0 spiro atoms. The first-order chi connectivity index (χ1) is 14.6. The zero-order chi connectivity index (χ0) is 22.3. The third kappa shape index (κ3) is 22.5. The molecule has 30 heavy (non-hydrogen) atoms. The molecule has 0 saturated carbocycles. The van der Waals surface area contributed by atoms with E-state index in [-0.39, 0.29) is 19.3 Å². The molecule has 0 rings (SSSR count).